The van der Waals surface area contributed by atoms with Crippen LogP contribution in [0, 0.1) is 0 Å². The molecule has 1 heterocycles. The smallest absolute Gasteiger partial charge is 0.114 e. The first-order valence-corrected chi connectivity index (χ1v) is 3.18. The third kappa shape index (κ3) is 2.03. The Balaban J connectivity index is 0.000000640. The van der Waals surface area contributed by atoms with Crippen molar-refractivity contribution in [2.45, 2.75) is 0 Å². The predicted molar refractivity (Wildman–Crippen MR) is 42.9 cm³/mol. The number of rotatable bonds is 1. The second-order valence-corrected chi connectivity index (χ2v) is 2.12. The van der Waals surface area contributed by atoms with Crippen LogP contribution in [0.4, 0.5) is 0 Å². The Kier molecular flexibility index (Phi) is 3.98. The number of alkyl halides is 1. The lowest BCUT2D eigenvalue weighted by molar-refractivity contribution is 0.554. The van der Waals surface area contributed by atoms with E-state index in [2.05, 4.69) is 9.89 Å². The Morgan fingerprint density at radius 1 is 1.78 bits per heavy atom. The van der Waals surface area contributed by atoms with Gasteiger partial charge in [0.15, 0.2) is 0 Å². The third-order valence-electron chi connectivity index (χ3n) is 1.29. The highest BCUT2D eigenvalue weighted by atomic mass is 35.5. The normalized spacial score (nSPS) is 17.1. The Morgan fingerprint density at radius 2 is 2.44 bits per heavy atom. The van der Waals surface area contributed by atoms with Crippen molar-refractivity contribution in [3.8, 4) is 0 Å². The van der Waals surface area contributed by atoms with Gasteiger partial charge in [-0.1, -0.05) is 0 Å². The van der Waals surface area contributed by atoms with E-state index >= 15 is 0 Å². The van der Waals surface area contributed by atoms with Crippen LogP contribution >= 0.6 is 24.0 Å². The minimum Gasteiger partial charge on any atom is -0.361 e. The van der Waals surface area contributed by atoms with Crippen molar-refractivity contribution >= 4 is 29.8 Å². The quantitative estimate of drug-likeness (QED) is 0.534. The average Bonchev–Trinajstić information content (AvgIpc) is 2.14. The summed E-state index contributed by atoms with van der Waals surface area (Å²) in [5.41, 5.74) is 0. The molecule has 0 unspecified atom stereocenters. The number of likely N-dealkylation sites (N-methyl/N-ethyl adjacent to an activating group) is 1. The molecule has 2 nitrogen and oxygen atoms in total. The molecule has 0 aliphatic carbocycles. The van der Waals surface area contributed by atoms with E-state index in [1.54, 1.807) is 0 Å². The van der Waals surface area contributed by atoms with Crippen LogP contribution in [0.3, 0.4) is 0 Å². The van der Waals surface area contributed by atoms with Crippen molar-refractivity contribution in [3.63, 3.8) is 0 Å². The second kappa shape index (κ2) is 3.96. The molecule has 1 aliphatic heterocycles. The number of nitrogens with zero attached hydrogens (tertiary/aromatic N) is 2. The molecule has 0 saturated heterocycles. The molecule has 1 aliphatic rings. The summed E-state index contributed by atoms with van der Waals surface area (Å²) in [6.07, 6.45) is 0. The van der Waals surface area contributed by atoms with Gasteiger partial charge in [0.25, 0.3) is 0 Å². The van der Waals surface area contributed by atoms with Gasteiger partial charge in [0.1, 0.15) is 5.84 Å². The lowest BCUT2D eigenvalue weighted by Crippen LogP contribution is -2.23. The van der Waals surface area contributed by atoms with E-state index in [1.807, 2.05) is 7.05 Å². The van der Waals surface area contributed by atoms with Gasteiger partial charge >= 0.3 is 0 Å². The van der Waals surface area contributed by atoms with Gasteiger partial charge in [-0.3, -0.25) is 4.99 Å². The van der Waals surface area contributed by atoms with Gasteiger partial charge in [-0.25, -0.2) is 0 Å². The summed E-state index contributed by atoms with van der Waals surface area (Å²) in [5, 5.41) is 0. The summed E-state index contributed by atoms with van der Waals surface area (Å²) in [4.78, 5) is 6.22. The molecule has 0 spiro atoms. The third-order valence-corrected chi connectivity index (χ3v) is 1.53. The molecule has 0 aromatic heterocycles. The van der Waals surface area contributed by atoms with Crippen molar-refractivity contribution in [2.24, 2.45) is 4.99 Å². The van der Waals surface area contributed by atoms with E-state index in [9.17, 15) is 0 Å². The Hall–Kier alpha value is 0.0500. The maximum Gasteiger partial charge on any atom is 0.114 e. The molecule has 0 radical (unpaired) electrons. The number of amidine groups is 1. The SMILES string of the molecule is CN1CCN=C1CCl.Cl. The number of halogens is 2. The molecular weight excluding hydrogens is 159 g/mol. The minimum absolute atomic E-state index is 0. The average molecular weight is 169 g/mol. The maximum absolute atomic E-state index is 5.53. The van der Waals surface area contributed by atoms with Gasteiger partial charge in [-0.15, -0.1) is 24.0 Å². The van der Waals surface area contributed by atoms with Gasteiger partial charge in [-0.05, 0) is 0 Å². The van der Waals surface area contributed by atoms with Crippen LogP contribution in [0.5, 0.6) is 0 Å². The van der Waals surface area contributed by atoms with Crippen LogP contribution in [0.2, 0.25) is 0 Å². The summed E-state index contributed by atoms with van der Waals surface area (Å²) in [6.45, 7) is 1.95. The van der Waals surface area contributed by atoms with E-state index in [0.717, 1.165) is 18.9 Å². The Labute approximate surface area is 66.3 Å². The molecule has 0 saturated carbocycles. The minimum atomic E-state index is 0. The highest BCUT2D eigenvalue weighted by Gasteiger charge is 2.08. The first-order chi connectivity index (χ1) is 3.84. The molecule has 4 heteroatoms. The van der Waals surface area contributed by atoms with Crippen molar-refractivity contribution in [2.75, 3.05) is 26.0 Å². The van der Waals surface area contributed by atoms with Crippen LogP contribution in [-0.4, -0.2) is 36.8 Å². The van der Waals surface area contributed by atoms with Crippen LogP contribution < -0.4 is 0 Å². The van der Waals surface area contributed by atoms with Gasteiger partial charge in [-0.2, -0.15) is 0 Å². The van der Waals surface area contributed by atoms with E-state index in [0.29, 0.717) is 5.88 Å². The van der Waals surface area contributed by atoms with Gasteiger partial charge < -0.3 is 4.90 Å². The molecular formula is C5H10Cl2N2. The molecule has 0 fully saturated rings. The molecule has 0 bridgehead atoms. The molecule has 0 amide bonds. The number of aliphatic imine (C=N–C) groups is 1. The molecule has 0 aromatic rings. The van der Waals surface area contributed by atoms with Crippen LogP contribution in [0.1, 0.15) is 0 Å². The highest BCUT2D eigenvalue weighted by molar-refractivity contribution is 6.28. The maximum atomic E-state index is 5.53. The van der Waals surface area contributed by atoms with Gasteiger partial charge in [0, 0.05) is 13.6 Å². The van der Waals surface area contributed by atoms with Crippen LogP contribution in [0.25, 0.3) is 0 Å². The van der Waals surface area contributed by atoms with Crippen molar-refractivity contribution in [3.05, 3.63) is 0 Å². The van der Waals surface area contributed by atoms with Crippen molar-refractivity contribution in [1.29, 1.82) is 0 Å². The molecule has 9 heavy (non-hydrogen) atoms. The summed E-state index contributed by atoms with van der Waals surface area (Å²) in [5.74, 6) is 1.57. The fraction of sp³-hybridized carbons (Fsp3) is 0.800. The molecule has 0 aromatic carbocycles. The molecule has 0 N–H and O–H groups in total. The van der Waals surface area contributed by atoms with Crippen LogP contribution in [0.15, 0.2) is 4.99 Å². The summed E-state index contributed by atoms with van der Waals surface area (Å²) >= 11 is 5.53. The lowest BCUT2D eigenvalue weighted by Gasteiger charge is -2.09. The molecule has 1 rings (SSSR count). The summed E-state index contributed by atoms with van der Waals surface area (Å²) < 4.78 is 0. The monoisotopic (exact) mass is 168 g/mol. The summed E-state index contributed by atoms with van der Waals surface area (Å²) in [6, 6.07) is 0. The standard InChI is InChI=1S/C5H9ClN2.ClH/c1-8-3-2-7-5(8)4-6;/h2-4H2,1H3;1H. The van der Waals surface area contributed by atoms with E-state index < -0.39 is 0 Å². The zero-order chi connectivity index (χ0) is 5.98. The highest BCUT2D eigenvalue weighted by Crippen LogP contribution is 1.98. The zero-order valence-corrected chi connectivity index (χ0v) is 6.87. The topological polar surface area (TPSA) is 15.6 Å². The first-order valence-electron chi connectivity index (χ1n) is 2.65. The van der Waals surface area contributed by atoms with Gasteiger partial charge in [0.05, 0.1) is 12.4 Å². The summed E-state index contributed by atoms with van der Waals surface area (Å²) in [7, 11) is 2.01. The number of hydrogen-bond acceptors (Lipinski definition) is 2. The van der Waals surface area contributed by atoms with Gasteiger partial charge in [0.2, 0.25) is 0 Å². The van der Waals surface area contributed by atoms with Crippen molar-refractivity contribution < 1.29 is 0 Å². The molecule has 0 atom stereocenters. The van der Waals surface area contributed by atoms with E-state index in [-0.39, 0.29) is 12.4 Å². The number of hydrogen-bond donors (Lipinski definition) is 0. The molecule has 54 valence electrons. The van der Waals surface area contributed by atoms with Crippen molar-refractivity contribution in [1.82, 2.24) is 4.90 Å². The Bertz CT molecular complexity index is 114. The largest absolute Gasteiger partial charge is 0.361 e. The van der Waals surface area contributed by atoms with E-state index in [4.69, 9.17) is 11.6 Å². The van der Waals surface area contributed by atoms with Crippen LogP contribution in [-0.2, 0) is 0 Å². The Morgan fingerprint density at radius 3 is 2.67 bits per heavy atom. The first kappa shape index (κ1) is 9.05. The van der Waals surface area contributed by atoms with E-state index in [1.165, 1.54) is 0 Å². The fourth-order valence-electron chi connectivity index (χ4n) is 0.723. The lowest BCUT2D eigenvalue weighted by atomic mass is 10.6. The predicted octanol–water partition coefficient (Wildman–Crippen LogP) is 0.991. The fourth-order valence-corrected chi connectivity index (χ4v) is 1.01. The zero-order valence-electron chi connectivity index (χ0n) is 5.30. The second-order valence-electron chi connectivity index (χ2n) is 1.85.